The lowest BCUT2D eigenvalue weighted by molar-refractivity contribution is -0.144. The van der Waals surface area contributed by atoms with Gasteiger partial charge in [-0.1, -0.05) is 42.8 Å². The summed E-state index contributed by atoms with van der Waals surface area (Å²) in [6.45, 7) is 7.22. The second-order valence-electron chi connectivity index (χ2n) is 8.49. The van der Waals surface area contributed by atoms with E-state index in [-0.39, 0.29) is 24.4 Å². The van der Waals surface area contributed by atoms with Crippen molar-refractivity contribution >= 4 is 39.3 Å². The molecule has 0 atom stereocenters. The maximum Gasteiger partial charge on any atom is 0.313 e. The summed E-state index contributed by atoms with van der Waals surface area (Å²) in [4.78, 5) is 40.9. The number of nitrogens with zero attached hydrogens (tertiary/aromatic N) is 2. The van der Waals surface area contributed by atoms with Crippen molar-refractivity contribution in [1.82, 2.24) is 9.80 Å². The van der Waals surface area contributed by atoms with E-state index in [4.69, 9.17) is 0 Å². The zero-order valence-corrected chi connectivity index (χ0v) is 19.3. The fourth-order valence-corrected chi connectivity index (χ4v) is 3.84. The van der Waals surface area contributed by atoms with Crippen molar-refractivity contribution in [3.63, 3.8) is 0 Å². The molecule has 3 rings (SSSR count). The van der Waals surface area contributed by atoms with Crippen LogP contribution in [0, 0.1) is 5.82 Å². The Balaban J connectivity index is 1.62. The normalized spacial score (nSPS) is 14.4. The monoisotopic (exact) mass is 489 g/mol. The number of piperazine rings is 1. The van der Waals surface area contributed by atoms with Gasteiger partial charge in [-0.3, -0.25) is 14.4 Å². The maximum atomic E-state index is 13.1. The molecule has 0 aliphatic carbocycles. The molecule has 0 bridgehead atoms. The van der Waals surface area contributed by atoms with Crippen LogP contribution in [0.4, 0.5) is 10.1 Å². The van der Waals surface area contributed by atoms with Gasteiger partial charge in [0, 0.05) is 41.9 Å². The molecule has 1 saturated heterocycles. The lowest BCUT2D eigenvalue weighted by Gasteiger charge is -2.34. The highest BCUT2D eigenvalue weighted by Gasteiger charge is 2.29. The molecule has 1 fully saturated rings. The predicted molar refractivity (Wildman–Crippen MR) is 120 cm³/mol. The third-order valence-corrected chi connectivity index (χ3v) is 5.67. The Hall–Kier alpha value is -2.74. The van der Waals surface area contributed by atoms with Gasteiger partial charge in [-0.2, -0.15) is 0 Å². The molecule has 2 aromatic rings. The van der Waals surface area contributed by atoms with Crippen LogP contribution in [0.5, 0.6) is 0 Å². The Bertz CT molecular complexity index is 994. The standard InChI is InChI=1S/C23H25BrFN3O3/c1-23(2,3)18-9-6-16(24)14-19(18)26-20(29)22(31)28-12-10-27(11-13-28)21(30)15-4-7-17(25)8-5-15/h4-9,14H,10-13H2,1-3H3,(H,26,29). The average molecular weight is 490 g/mol. The largest absolute Gasteiger partial charge is 0.335 e. The molecular weight excluding hydrogens is 465 g/mol. The van der Waals surface area contributed by atoms with Gasteiger partial charge in [-0.25, -0.2) is 4.39 Å². The molecule has 0 saturated carbocycles. The Morgan fingerprint density at radius 1 is 0.935 bits per heavy atom. The van der Waals surface area contributed by atoms with Crippen LogP contribution in [0.2, 0.25) is 0 Å². The smallest absolute Gasteiger partial charge is 0.313 e. The second kappa shape index (κ2) is 9.18. The lowest BCUT2D eigenvalue weighted by atomic mass is 9.86. The number of amides is 3. The number of benzene rings is 2. The highest BCUT2D eigenvalue weighted by molar-refractivity contribution is 9.10. The lowest BCUT2D eigenvalue weighted by Crippen LogP contribution is -2.53. The van der Waals surface area contributed by atoms with Crippen LogP contribution < -0.4 is 5.32 Å². The van der Waals surface area contributed by atoms with Crippen molar-refractivity contribution in [2.45, 2.75) is 26.2 Å². The number of hydrogen-bond donors (Lipinski definition) is 1. The topological polar surface area (TPSA) is 69.7 Å². The fraction of sp³-hybridized carbons (Fsp3) is 0.348. The fourth-order valence-electron chi connectivity index (χ4n) is 3.48. The van der Waals surface area contributed by atoms with Gasteiger partial charge in [-0.05, 0) is 47.4 Å². The van der Waals surface area contributed by atoms with Crippen molar-refractivity contribution in [2.75, 3.05) is 31.5 Å². The van der Waals surface area contributed by atoms with Gasteiger partial charge < -0.3 is 15.1 Å². The first kappa shape index (κ1) is 22.9. The number of nitrogens with one attached hydrogen (secondary N) is 1. The van der Waals surface area contributed by atoms with E-state index < -0.39 is 17.6 Å². The van der Waals surface area contributed by atoms with E-state index in [9.17, 15) is 18.8 Å². The van der Waals surface area contributed by atoms with Gasteiger partial charge in [0.25, 0.3) is 5.91 Å². The van der Waals surface area contributed by atoms with E-state index in [1.54, 1.807) is 11.0 Å². The molecule has 1 heterocycles. The quantitative estimate of drug-likeness (QED) is 0.652. The van der Waals surface area contributed by atoms with Crippen LogP contribution in [-0.2, 0) is 15.0 Å². The summed E-state index contributed by atoms with van der Waals surface area (Å²) < 4.78 is 13.9. The highest BCUT2D eigenvalue weighted by Crippen LogP contribution is 2.32. The molecule has 0 unspecified atom stereocenters. The van der Waals surface area contributed by atoms with Gasteiger partial charge in [0.1, 0.15) is 5.82 Å². The molecule has 1 aliphatic heterocycles. The summed E-state index contributed by atoms with van der Waals surface area (Å²) in [5.74, 6) is -1.96. The van der Waals surface area contributed by atoms with E-state index in [0.717, 1.165) is 10.0 Å². The number of carbonyl (C=O) groups excluding carboxylic acids is 3. The van der Waals surface area contributed by atoms with Crippen LogP contribution >= 0.6 is 15.9 Å². The van der Waals surface area contributed by atoms with E-state index in [2.05, 4.69) is 21.2 Å². The molecule has 31 heavy (non-hydrogen) atoms. The zero-order valence-electron chi connectivity index (χ0n) is 17.7. The minimum Gasteiger partial charge on any atom is -0.335 e. The summed E-state index contributed by atoms with van der Waals surface area (Å²) in [7, 11) is 0. The van der Waals surface area contributed by atoms with E-state index in [0.29, 0.717) is 24.3 Å². The third kappa shape index (κ3) is 5.50. The van der Waals surface area contributed by atoms with Crippen molar-refractivity contribution < 1.29 is 18.8 Å². The van der Waals surface area contributed by atoms with Gasteiger partial charge in [0.15, 0.2) is 0 Å². The van der Waals surface area contributed by atoms with Crippen LogP contribution in [0.25, 0.3) is 0 Å². The number of rotatable bonds is 2. The first-order valence-electron chi connectivity index (χ1n) is 10.0. The minimum absolute atomic E-state index is 0.210. The molecule has 0 spiro atoms. The Labute approximate surface area is 189 Å². The van der Waals surface area contributed by atoms with E-state index in [1.807, 2.05) is 32.9 Å². The molecule has 6 nitrogen and oxygen atoms in total. The molecule has 3 amide bonds. The molecule has 8 heteroatoms. The molecule has 1 N–H and O–H groups in total. The van der Waals surface area contributed by atoms with Crippen molar-refractivity contribution in [2.24, 2.45) is 0 Å². The number of carbonyl (C=O) groups is 3. The van der Waals surface area contributed by atoms with Crippen LogP contribution in [-0.4, -0.2) is 53.7 Å². The van der Waals surface area contributed by atoms with Crippen molar-refractivity contribution in [3.05, 3.63) is 63.9 Å². The predicted octanol–water partition coefficient (Wildman–Crippen LogP) is 3.81. The van der Waals surface area contributed by atoms with Crippen molar-refractivity contribution in [3.8, 4) is 0 Å². The maximum absolute atomic E-state index is 13.1. The molecule has 1 aliphatic rings. The average Bonchev–Trinajstić information content (AvgIpc) is 2.72. The third-order valence-electron chi connectivity index (χ3n) is 5.18. The minimum atomic E-state index is -0.707. The molecule has 0 aromatic heterocycles. The summed E-state index contributed by atoms with van der Waals surface area (Å²) in [5, 5.41) is 2.74. The summed E-state index contributed by atoms with van der Waals surface area (Å²) in [5.41, 5.74) is 1.69. The van der Waals surface area contributed by atoms with Gasteiger partial charge in [0.05, 0.1) is 0 Å². The first-order chi connectivity index (χ1) is 14.6. The summed E-state index contributed by atoms with van der Waals surface area (Å²) in [6, 6.07) is 11.0. The summed E-state index contributed by atoms with van der Waals surface area (Å²) >= 11 is 3.41. The SMILES string of the molecule is CC(C)(C)c1ccc(Br)cc1NC(=O)C(=O)N1CCN(C(=O)c2ccc(F)cc2)CC1. The Morgan fingerprint density at radius 2 is 1.52 bits per heavy atom. The van der Waals surface area contributed by atoms with Gasteiger partial charge in [0.2, 0.25) is 0 Å². The molecule has 0 radical (unpaired) electrons. The van der Waals surface area contributed by atoms with E-state index >= 15 is 0 Å². The number of anilines is 1. The van der Waals surface area contributed by atoms with Crippen LogP contribution in [0.15, 0.2) is 46.9 Å². The zero-order chi connectivity index (χ0) is 22.8. The van der Waals surface area contributed by atoms with E-state index in [1.165, 1.54) is 29.2 Å². The van der Waals surface area contributed by atoms with Gasteiger partial charge >= 0.3 is 11.8 Å². The Morgan fingerprint density at radius 3 is 2.10 bits per heavy atom. The Kier molecular flexibility index (Phi) is 6.79. The molecular formula is C23H25BrFN3O3. The first-order valence-corrected chi connectivity index (χ1v) is 10.8. The van der Waals surface area contributed by atoms with Crippen molar-refractivity contribution in [1.29, 1.82) is 0 Å². The number of halogens is 2. The molecule has 164 valence electrons. The second-order valence-corrected chi connectivity index (χ2v) is 9.40. The van der Waals surface area contributed by atoms with Gasteiger partial charge in [-0.15, -0.1) is 0 Å². The number of hydrogen-bond acceptors (Lipinski definition) is 3. The molecule has 2 aromatic carbocycles. The highest BCUT2D eigenvalue weighted by atomic mass is 79.9. The van der Waals surface area contributed by atoms with Crippen LogP contribution in [0.3, 0.4) is 0 Å². The summed E-state index contributed by atoms with van der Waals surface area (Å²) in [6.07, 6.45) is 0. The van der Waals surface area contributed by atoms with Crippen LogP contribution in [0.1, 0.15) is 36.7 Å².